The highest BCUT2D eigenvalue weighted by molar-refractivity contribution is 5.15. The average molecular weight is 564 g/mol. The number of ether oxygens (including phenoxy) is 2. The molecule has 0 saturated heterocycles. The Labute approximate surface area is 173 Å². The molecule has 0 aliphatic heterocycles. The molecule has 1 rings (SSSR count). The highest BCUT2D eigenvalue weighted by Crippen LogP contribution is 2.59. The first kappa shape index (κ1) is 34.7. The second-order valence-electron chi connectivity index (χ2n) is 5.70. The lowest BCUT2D eigenvalue weighted by Gasteiger charge is -2.32. The smallest absolute Gasteiger partial charge is 0.363 e. The largest absolute Gasteiger partial charge is 0.460 e. The zero-order chi connectivity index (χ0) is 28.4. The van der Waals surface area contributed by atoms with Gasteiger partial charge in [-0.1, -0.05) is 0 Å². The van der Waals surface area contributed by atoms with Crippen LogP contribution in [0.15, 0.2) is 0 Å². The van der Waals surface area contributed by atoms with Crippen LogP contribution in [0.1, 0.15) is 0 Å². The van der Waals surface area contributed by atoms with Gasteiger partial charge in [0.15, 0.2) is 0 Å². The summed E-state index contributed by atoms with van der Waals surface area (Å²) >= 11 is 0. The van der Waals surface area contributed by atoms with Gasteiger partial charge < -0.3 is 9.47 Å². The molecule has 0 bridgehead atoms. The summed E-state index contributed by atoms with van der Waals surface area (Å²) in [5, 5.41) is 0. The number of hydrogen-bond donors (Lipinski definition) is 0. The fraction of sp³-hybridized carbons (Fsp3) is 1.00. The highest BCUT2D eigenvalue weighted by atomic mass is 19.4. The summed E-state index contributed by atoms with van der Waals surface area (Å²) in [7, 11) is -0.125. The maximum Gasteiger partial charge on any atom is 0.460 e. The molecular weight excluding hydrogens is 556 g/mol. The van der Waals surface area contributed by atoms with E-state index in [1.807, 2.05) is 0 Å². The van der Waals surface area contributed by atoms with Crippen molar-refractivity contribution in [2.24, 2.45) is 0 Å². The monoisotopic (exact) mass is 564 g/mol. The molecule has 0 N–H and O–H groups in total. The van der Waals surface area contributed by atoms with Crippen LogP contribution in [-0.4, -0.2) is 74.8 Å². The van der Waals surface area contributed by atoms with Crippen LogP contribution in [0.2, 0.25) is 0 Å². The number of rotatable bonds is 5. The Bertz CT molecular complexity index is 601. The van der Waals surface area contributed by atoms with Crippen molar-refractivity contribution in [2.75, 3.05) is 20.3 Å². The van der Waals surface area contributed by atoms with Crippen LogP contribution in [-0.2, 0) is 9.47 Å². The summed E-state index contributed by atoms with van der Waals surface area (Å²) in [5.74, 6) is -22.4. The van der Waals surface area contributed by atoms with Gasteiger partial charge in [0.1, 0.15) is 13.2 Å². The first-order valence-electron chi connectivity index (χ1n) is 7.28. The second-order valence-corrected chi connectivity index (χ2v) is 5.70. The summed E-state index contributed by atoms with van der Waals surface area (Å²) in [6, 6.07) is 0. The van der Waals surface area contributed by atoms with E-state index >= 15 is 0 Å². The van der Waals surface area contributed by atoms with Gasteiger partial charge in [0.05, 0.1) is 0 Å². The van der Waals surface area contributed by atoms with E-state index in [0.29, 0.717) is 0 Å². The molecule has 0 unspecified atom stereocenters. The maximum absolute atomic E-state index is 12.1. The second kappa shape index (κ2) is 10.2. The fourth-order valence-corrected chi connectivity index (χ4v) is 1.08. The van der Waals surface area contributed by atoms with Gasteiger partial charge in [-0.3, -0.25) is 0 Å². The quantitative estimate of drug-likeness (QED) is 0.343. The van der Waals surface area contributed by atoms with E-state index < -0.39 is 67.7 Å². The molecule has 0 aromatic rings. The van der Waals surface area contributed by atoms with Crippen molar-refractivity contribution < 1.29 is 97.3 Å². The number of halogens is 20. The molecular formula is C12H8F20O2. The molecule has 1 aliphatic carbocycles. The normalized spacial score (nSPS) is 19.0. The Kier molecular flexibility index (Phi) is 10.5. The minimum atomic E-state index is -6.89. The lowest BCUT2D eigenvalue weighted by Crippen LogP contribution is -2.61. The van der Waals surface area contributed by atoms with Crippen LogP contribution in [0.25, 0.3) is 0 Å². The fourth-order valence-electron chi connectivity index (χ4n) is 1.08. The Balaban J connectivity index is 0. The summed E-state index contributed by atoms with van der Waals surface area (Å²) in [5.41, 5.74) is 0. The van der Waals surface area contributed by atoms with Crippen molar-refractivity contribution in [3.05, 3.63) is 0 Å². The van der Waals surface area contributed by atoms with Crippen molar-refractivity contribution in [3.63, 3.8) is 0 Å². The van der Waals surface area contributed by atoms with Crippen molar-refractivity contribution in [2.45, 2.75) is 54.5 Å². The summed E-state index contributed by atoms with van der Waals surface area (Å²) < 4.78 is 235. The van der Waals surface area contributed by atoms with Crippen molar-refractivity contribution in [3.8, 4) is 0 Å². The molecule has 1 fully saturated rings. The molecule has 34 heavy (non-hydrogen) atoms. The zero-order valence-electron chi connectivity index (χ0n) is 15.4. The van der Waals surface area contributed by atoms with E-state index in [9.17, 15) is 87.8 Å². The molecule has 0 aromatic carbocycles. The topological polar surface area (TPSA) is 18.5 Å². The van der Waals surface area contributed by atoms with Crippen LogP contribution in [0.5, 0.6) is 0 Å². The van der Waals surface area contributed by atoms with Crippen molar-refractivity contribution >= 4 is 0 Å². The van der Waals surface area contributed by atoms with Crippen molar-refractivity contribution in [1.29, 1.82) is 0 Å². The summed E-state index contributed by atoms with van der Waals surface area (Å²) in [4.78, 5) is 0. The molecule has 2 nitrogen and oxygen atoms in total. The maximum atomic E-state index is 12.1. The van der Waals surface area contributed by atoms with Gasteiger partial charge in [-0.05, 0) is 0 Å². The lowest BCUT2D eigenvalue weighted by molar-refractivity contribution is -0.440. The van der Waals surface area contributed by atoms with Gasteiger partial charge in [-0.15, -0.1) is 0 Å². The molecule has 22 heteroatoms. The van der Waals surface area contributed by atoms with Gasteiger partial charge in [0.25, 0.3) is 0 Å². The minimum Gasteiger partial charge on any atom is -0.363 e. The van der Waals surface area contributed by atoms with Gasteiger partial charge in [-0.2, -0.15) is 83.4 Å². The Morgan fingerprint density at radius 3 is 1.00 bits per heavy atom. The standard InChI is InChI=1S/C5H3F9O.C4H4F6O.C3HF5/c1-15-5(13,14)3(8,9)2(6,7)4(10,11)12;5-3(6,7)1-11-2-4(8,9)10;4-1-2(5,6)3(1,7)8/h1H3;1-2H2;1H. The van der Waals surface area contributed by atoms with Crippen LogP contribution >= 0.6 is 0 Å². The number of alkyl halides is 20. The third-order valence-corrected chi connectivity index (χ3v) is 2.90. The zero-order valence-corrected chi connectivity index (χ0v) is 15.4. The first-order valence-corrected chi connectivity index (χ1v) is 7.28. The van der Waals surface area contributed by atoms with Crippen LogP contribution in [0, 0.1) is 0 Å². The van der Waals surface area contributed by atoms with E-state index in [4.69, 9.17) is 0 Å². The molecule has 1 saturated carbocycles. The predicted molar refractivity (Wildman–Crippen MR) is 65.6 cm³/mol. The van der Waals surface area contributed by atoms with E-state index in [1.54, 1.807) is 0 Å². The third-order valence-electron chi connectivity index (χ3n) is 2.90. The third kappa shape index (κ3) is 8.63. The van der Waals surface area contributed by atoms with E-state index in [0.717, 1.165) is 0 Å². The van der Waals surface area contributed by atoms with Gasteiger partial charge in [-0.25, -0.2) is 4.39 Å². The first-order chi connectivity index (χ1) is 14.4. The number of methoxy groups -OCH3 is 1. The Hall–Kier alpha value is -1.48. The molecule has 0 amide bonds. The Morgan fingerprint density at radius 2 is 0.853 bits per heavy atom. The molecule has 0 aromatic heterocycles. The van der Waals surface area contributed by atoms with Gasteiger partial charge in [0.2, 0.25) is 6.17 Å². The lowest BCUT2D eigenvalue weighted by atomic mass is 10.1. The predicted octanol–water partition coefficient (Wildman–Crippen LogP) is 6.79. The molecule has 1 aliphatic rings. The molecule has 208 valence electrons. The van der Waals surface area contributed by atoms with Crippen LogP contribution < -0.4 is 0 Å². The Morgan fingerprint density at radius 1 is 0.588 bits per heavy atom. The average Bonchev–Trinajstić information content (AvgIpc) is 2.93. The number of hydrogen-bond acceptors (Lipinski definition) is 2. The van der Waals surface area contributed by atoms with E-state index in [1.165, 1.54) is 0 Å². The molecule has 0 radical (unpaired) electrons. The minimum absolute atomic E-state index is 0.125. The SMILES string of the molecule is COC(F)(F)C(F)(F)C(F)(F)C(F)(F)F.FC(F)(F)COCC(F)(F)F.FC1C(F)(F)C1(F)F. The summed E-state index contributed by atoms with van der Waals surface area (Å²) in [6.45, 7) is -3.74. The van der Waals surface area contributed by atoms with Crippen LogP contribution in [0.4, 0.5) is 87.8 Å². The molecule has 0 spiro atoms. The molecule has 0 atom stereocenters. The summed E-state index contributed by atoms with van der Waals surface area (Å²) in [6.07, 6.45) is -25.4. The van der Waals surface area contributed by atoms with E-state index in [-0.39, 0.29) is 7.11 Å². The van der Waals surface area contributed by atoms with E-state index in [2.05, 4.69) is 9.47 Å². The van der Waals surface area contributed by atoms with Crippen LogP contribution in [0.3, 0.4) is 0 Å². The molecule has 0 heterocycles. The van der Waals surface area contributed by atoms with Gasteiger partial charge >= 0.3 is 48.3 Å². The highest BCUT2D eigenvalue weighted by Gasteiger charge is 2.87. The van der Waals surface area contributed by atoms with Crippen molar-refractivity contribution in [1.82, 2.24) is 0 Å². The van der Waals surface area contributed by atoms with Gasteiger partial charge in [0, 0.05) is 7.11 Å².